The first-order valence-corrected chi connectivity index (χ1v) is 2.90. The zero-order chi connectivity index (χ0) is 9.35. The Kier molecular flexibility index (Phi) is 1.83. The summed E-state index contributed by atoms with van der Waals surface area (Å²) in [6, 6.07) is 0.374. The summed E-state index contributed by atoms with van der Waals surface area (Å²) < 4.78 is 35.7. The third kappa shape index (κ3) is 1.58. The number of aromatic nitrogens is 1. The maximum absolute atomic E-state index is 11.9. The molecule has 0 atom stereocenters. The molecule has 0 aliphatic carbocycles. The van der Waals surface area contributed by atoms with Gasteiger partial charge in [-0.3, -0.25) is 4.79 Å². The number of H-pyrrole nitrogens is 1. The van der Waals surface area contributed by atoms with Gasteiger partial charge in [0.05, 0.1) is 0 Å². The third-order valence-corrected chi connectivity index (χ3v) is 1.19. The van der Waals surface area contributed by atoms with Gasteiger partial charge in [-0.05, 0) is 6.07 Å². The highest BCUT2D eigenvalue weighted by Gasteiger charge is 2.34. The smallest absolute Gasteiger partial charge is 0.421 e. The van der Waals surface area contributed by atoms with Gasteiger partial charge in [-0.25, -0.2) is 0 Å². The minimum Gasteiger partial charge on any atom is -0.506 e. The van der Waals surface area contributed by atoms with E-state index in [0.29, 0.717) is 6.07 Å². The molecule has 0 aromatic carbocycles. The van der Waals surface area contributed by atoms with Gasteiger partial charge in [0.15, 0.2) is 0 Å². The average molecular weight is 179 g/mol. The molecule has 3 nitrogen and oxygen atoms in total. The van der Waals surface area contributed by atoms with Crippen LogP contribution >= 0.6 is 0 Å². The molecule has 1 rings (SSSR count). The monoisotopic (exact) mass is 179 g/mol. The second-order valence-electron chi connectivity index (χ2n) is 2.10. The van der Waals surface area contributed by atoms with Gasteiger partial charge in [0.2, 0.25) is 0 Å². The van der Waals surface area contributed by atoms with Crippen molar-refractivity contribution in [3.05, 3.63) is 28.2 Å². The highest BCUT2D eigenvalue weighted by Crippen LogP contribution is 2.27. The zero-order valence-corrected chi connectivity index (χ0v) is 5.64. The Labute approximate surface area is 64.5 Å². The standard InChI is InChI=1S/C6H4F3NO2/c7-6(8,9)4-1-3(11)2-10-5(4)12/h1-2,11H,(H,10,12). The van der Waals surface area contributed by atoms with Gasteiger partial charge in [0.1, 0.15) is 11.3 Å². The molecule has 0 aliphatic rings. The summed E-state index contributed by atoms with van der Waals surface area (Å²) in [5, 5.41) is 8.63. The minimum absolute atomic E-state index is 0.374. The number of rotatable bonds is 0. The fourth-order valence-electron chi connectivity index (χ4n) is 0.683. The van der Waals surface area contributed by atoms with E-state index in [1.54, 1.807) is 4.98 Å². The average Bonchev–Trinajstić information content (AvgIpc) is 1.92. The number of alkyl halides is 3. The largest absolute Gasteiger partial charge is 0.506 e. The summed E-state index contributed by atoms with van der Waals surface area (Å²) in [5.74, 6) is -0.623. The van der Waals surface area contributed by atoms with Crippen LogP contribution in [0, 0.1) is 0 Å². The fraction of sp³-hybridized carbons (Fsp3) is 0.167. The SMILES string of the molecule is O=c1[nH]cc(O)cc1C(F)(F)F. The molecule has 0 saturated heterocycles. The molecule has 0 fully saturated rings. The van der Waals surface area contributed by atoms with Gasteiger partial charge in [0.25, 0.3) is 5.56 Å². The van der Waals surface area contributed by atoms with Gasteiger partial charge in [-0.1, -0.05) is 0 Å². The topological polar surface area (TPSA) is 53.1 Å². The van der Waals surface area contributed by atoms with Crippen molar-refractivity contribution in [3.8, 4) is 5.75 Å². The van der Waals surface area contributed by atoms with Crippen molar-refractivity contribution in [2.75, 3.05) is 0 Å². The van der Waals surface area contributed by atoms with Crippen molar-refractivity contribution in [2.24, 2.45) is 0 Å². The zero-order valence-electron chi connectivity index (χ0n) is 5.64. The number of halogens is 3. The maximum Gasteiger partial charge on any atom is 0.421 e. The second kappa shape index (κ2) is 2.54. The van der Waals surface area contributed by atoms with Crippen LogP contribution in [0.4, 0.5) is 13.2 Å². The molecule has 12 heavy (non-hydrogen) atoms. The maximum atomic E-state index is 11.9. The van der Waals surface area contributed by atoms with Crippen molar-refractivity contribution in [1.82, 2.24) is 4.98 Å². The van der Waals surface area contributed by atoms with Crippen LogP contribution in [-0.4, -0.2) is 10.1 Å². The van der Waals surface area contributed by atoms with Crippen LogP contribution in [0.1, 0.15) is 5.56 Å². The fourth-order valence-corrected chi connectivity index (χ4v) is 0.683. The summed E-state index contributed by atoms with van der Waals surface area (Å²) in [5.41, 5.74) is -2.66. The Balaban J connectivity index is 3.33. The summed E-state index contributed by atoms with van der Waals surface area (Å²) in [4.78, 5) is 12.3. The molecular weight excluding hydrogens is 175 g/mol. The highest BCUT2D eigenvalue weighted by molar-refractivity contribution is 5.24. The van der Waals surface area contributed by atoms with Gasteiger partial charge < -0.3 is 10.1 Å². The van der Waals surface area contributed by atoms with E-state index in [4.69, 9.17) is 5.11 Å². The van der Waals surface area contributed by atoms with Crippen molar-refractivity contribution in [2.45, 2.75) is 6.18 Å². The molecule has 1 aromatic rings. The lowest BCUT2D eigenvalue weighted by Crippen LogP contribution is -2.20. The lowest BCUT2D eigenvalue weighted by atomic mass is 10.2. The molecule has 0 radical (unpaired) electrons. The normalized spacial score (nSPS) is 11.6. The number of pyridine rings is 1. The van der Waals surface area contributed by atoms with E-state index in [9.17, 15) is 18.0 Å². The Hall–Kier alpha value is -1.46. The quantitative estimate of drug-likeness (QED) is 0.626. The third-order valence-electron chi connectivity index (χ3n) is 1.19. The lowest BCUT2D eigenvalue weighted by molar-refractivity contribution is -0.138. The molecule has 1 heterocycles. The molecule has 0 aliphatic heterocycles. The number of hydrogen-bond acceptors (Lipinski definition) is 2. The van der Waals surface area contributed by atoms with Gasteiger partial charge >= 0.3 is 6.18 Å². The minimum atomic E-state index is -4.73. The van der Waals surface area contributed by atoms with E-state index in [2.05, 4.69) is 0 Å². The van der Waals surface area contributed by atoms with Crippen LogP contribution in [0.15, 0.2) is 17.1 Å². The number of hydrogen-bond donors (Lipinski definition) is 2. The van der Waals surface area contributed by atoms with E-state index in [0.717, 1.165) is 6.20 Å². The molecule has 1 aromatic heterocycles. The molecule has 0 spiro atoms. The van der Waals surface area contributed by atoms with E-state index < -0.39 is 23.0 Å². The van der Waals surface area contributed by atoms with E-state index in [1.807, 2.05) is 0 Å². The van der Waals surface area contributed by atoms with E-state index in [-0.39, 0.29) is 0 Å². The van der Waals surface area contributed by atoms with Crippen LogP contribution in [0.3, 0.4) is 0 Å². The van der Waals surface area contributed by atoms with Crippen LogP contribution in [0.5, 0.6) is 5.75 Å². The Morgan fingerprint density at radius 2 is 2.00 bits per heavy atom. The first-order chi connectivity index (χ1) is 5.41. The Bertz CT molecular complexity index is 341. The predicted octanol–water partition coefficient (Wildman–Crippen LogP) is 1.10. The molecule has 2 N–H and O–H groups in total. The number of aromatic amines is 1. The molecule has 0 bridgehead atoms. The van der Waals surface area contributed by atoms with E-state index >= 15 is 0 Å². The molecular formula is C6H4F3NO2. The van der Waals surface area contributed by atoms with Crippen LogP contribution in [0.25, 0.3) is 0 Å². The number of aromatic hydroxyl groups is 1. The van der Waals surface area contributed by atoms with Crippen LogP contribution < -0.4 is 5.56 Å². The molecule has 0 unspecified atom stereocenters. The van der Waals surface area contributed by atoms with Crippen LogP contribution in [-0.2, 0) is 6.18 Å². The highest BCUT2D eigenvalue weighted by atomic mass is 19.4. The summed E-state index contributed by atoms with van der Waals surface area (Å²) in [7, 11) is 0. The van der Waals surface area contributed by atoms with Crippen molar-refractivity contribution in [1.29, 1.82) is 0 Å². The van der Waals surface area contributed by atoms with Crippen LogP contribution in [0.2, 0.25) is 0 Å². The lowest BCUT2D eigenvalue weighted by Gasteiger charge is -2.04. The van der Waals surface area contributed by atoms with Crippen molar-refractivity contribution >= 4 is 0 Å². The van der Waals surface area contributed by atoms with Gasteiger partial charge in [0, 0.05) is 6.20 Å². The first kappa shape index (κ1) is 8.63. The second-order valence-corrected chi connectivity index (χ2v) is 2.10. The molecule has 66 valence electrons. The molecule has 0 saturated carbocycles. The molecule has 0 amide bonds. The first-order valence-electron chi connectivity index (χ1n) is 2.90. The van der Waals surface area contributed by atoms with Gasteiger partial charge in [-0.2, -0.15) is 13.2 Å². The Morgan fingerprint density at radius 1 is 1.42 bits per heavy atom. The van der Waals surface area contributed by atoms with E-state index in [1.165, 1.54) is 0 Å². The summed E-state index contributed by atoms with van der Waals surface area (Å²) in [6.07, 6.45) is -3.94. The Morgan fingerprint density at radius 3 is 2.42 bits per heavy atom. The summed E-state index contributed by atoms with van der Waals surface area (Å²) >= 11 is 0. The molecule has 6 heteroatoms. The number of nitrogens with one attached hydrogen (secondary N) is 1. The van der Waals surface area contributed by atoms with Crippen molar-refractivity contribution in [3.63, 3.8) is 0 Å². The van der Waals surface area contributed by atoms with Gasteiger partial charge in [-0.15, -0.1) is 0 Å². The predicted molar refractivity (Wildman–Crippen MR) is 33.7 cm³/mol. The van der Waals surface area contributed by atoms with Crippen molar-refractivity contribution < 1.29 is 18.3 Å². The summed E-state index contributed by atoms with van der Waals surface area (Å²) in [6.45, 7) is 0.